The Morgan fingerprint density at radius 1 is 1.12 bits per heavy atom. The summed E-state index contributed by atoms with van der Waals surface area (Å²) in [6.45, 7) is 6.48. The molecule has 1 aliphatic rings. The molecule has 1 heterocycles. The smallest absolute Gasteiger partial charge is 0.262 e. The van der Waals surface area contributed by atoms with Crippen molar-refractivity contribution in [2.45, 2.75) is 26.2 Å². The standard InChI is InChI=1S/C19H21NO4/c1-19(2,3)14-6-4-5-7-15(14)20-18(21)11-22-13-8-9-16-17(10-13)24-12-23-16/h4-10H,11-12H2,1-3H3,(H,20,21). The molecule has 1 N–H and O–H groups in total. The van der Waals surface area contributed by atoms with Crippen LogP contribution in [0.25, 0.3) is 0 Å². The Bertz CT molecular complexity index is 749. The normalized spacial score (nSPS) is 12.8. The van der Waals surface area contributed by atoms with E-state index in [9.17, 15) is 4.79 Å². The number of fused-ring (bicyclic) bond motifs is 1. The number of ether oxygens (including phenoxy) is 3. The zero-order valence-corrected chi connectivity index (χ0v) is 14.1. The number of benzene rings is 2. The first-order chi connectivity index (χ1) is 11.4. The number of hydrogen-bond donors (Lipinski definition) is 1. The number of para-hydroxylation sites is 1. The maximum absolute atomic E-state index is 12.2. The number of anilines is 1. The summed E-state index contributed by atoms with van der Waals surface area (Å²) in [5.74, 6) is 1.68. The van der Waals surface area contributed by atoms with Gasteiger partial charge in [0.25, 0.3) is 5.91 Å². The minimum atomic E-state index is -0.204. The first-order valence-corrected chi connectivity index (χ1v) is 7.85. The van der Waals surface area contributed by atoms with Gasteiger partial charge in [-0.2, -0.15) is 0 Å². The van der Waals surface area contributed by atoms with Crippen LogP contribution in [0.3, 0.4) is 0 Å². The Labute approximate surface area is 141 Å². The van der Waals surface area contributed by atoms with Gasteiger partial charge in [0.1, 0.15) is 5.75 Å². The summed E-state index contributed by atoms with van der Waals surface area (Å²) in [5.41, 5.74) is 1.84. The number of hydrogen-bond acceptors (Lipinski definition) is 4. The molecule has 3 rings (SSSR count). The van der Waals surface area contributed by atoms with Gasteiger partial charge >= 0.3 is 0 Å². The van der Waals surface area contributed by atoms with Crippen LogP contribution in [0.5, 0.6) is 17.2 Å². The lowest BCUT2D eigenvalue weighted by atomic mass is 9.86. The van der Waals surface area contributed by atoms with Gasteiger partial charge in [-0.3, -0.25) is 4.79 Å². The third-order valence-electron chi connectivity index (χ3n) is 3.72. The Morgan fingerprint density at radius 2 is 1.88 bits per heavy atom. The maximum atomic E-state index is 12.2. The van der Waals surface area contributed by atoms with Crippen molar-refractivity contribution in [2.75, 3.05) is 18.7 Å². The van der Waals surface area contributed by atoms with Gasteiger partial charge in [0, 0.05) is 11.8 Å². The topological polar surface area (TPSA) is 56.8 Å². The Balaban J connectivity index is 1.63. The van der Waals surface area contributed by atoms with Gasteiger partial charge in [0.2, 0.25) is 6.79 Å². The molecular formula is C19H21NO4. The molecule has 0 unspecified atom stereocenters. The molecule has 0 aliphatic carbocycles. The number of nitrogens with one attached hydrogen (secondary N) is 1. The van der Waals surface area contributed by atoms with Crippen molar-refractivity contribution in [3.63, 3.8) is 0 Å². The molecule has 0 bridgehead atoms. The van der Waals surface area contributed by atoms with E-state index >= 15 is 0 Å². The van der Waals surface area contributed by atoms with Gasteiger partial charge in [0.15, 0.2) is 18.1 Å². The summed E-state index contributed by atoms with van der Waals surface area (Å²) in [6.07, 6.45) is 0. The summed E-state index contributed by atoms with van der Waals surface area (Å²) >= 11 is 0. The lowest BCUT2D eigenvalue weighted by Gasteiger charge is -2.23. The molecule has 2 aromatic rings. The Morgan fingerprint density at radius 3 is 2.67 bits per heavy atom. The highest BCUT2D eigenvalue weighted by Crippen LogP contribution is 2.35. The second kappa shape index (κ2) is 6.43. The lowest BCUT2D eigenvalue weighted by Crippen LogP contribution is -2.23. The van der Waals surface area contributed by atoms with Gasteiger partial charge < -0.3 is 19.5 Å². The first kappa shape index (κ1) is 16.2. The fourth-order valence-corrected chi connectivity index (χ4v) is 2.55. The van der Waals surface area contributed by atoms with Gasteiger partial charge in [0.05, 0.1) is 0 Å². The molecule has 1 aliphatic heterocycles. The van der Waals surface area contributed by atoms with Crippen molar-refractivity contribution in [1.82, 2.24) is 0 Å². The molecule has 0 saturated heterocycles. The van der Waals surface area contributed by atoms with Crippen molar-refractivity contribution >= 4 is 11.6 Å². The molecule has 0 fully saturated rings. The molecule has 0 atom stereocenters. The van der Waals surface area contributed by atoms with E-state index in [0.29, 0.717) is 17.2 Å². The Hall–Kier alpha value is -2.69. The Kier molecular flexibility index (Phi) is 4.34. The van der Waals surface area contributed by atoms with Crippen LogP contribution >= 0.6 is 0 Å². The van der Waals surface area contributed by atoms with E-state index < -0.39 is 0 Å². The molecule has 1 amide bonds. The van der Waals surface area contributed by atoms with Crippen LogP contribution in [0, 0.1) is 0 Å². The SMILES string of the molecule is CC(C)(C)c1ccccc1NC(=O)COc1ccc2c(c1)OCO2. The van der Waals surface area contributed by atoms with E-state index in [4.69, 9.17) is 14.2 Å². The van der Waals surface area contributed by atoms with Gasteiger partial charge in [-0.1, -0.05) is 39.0 Å². The minimum Gasteiger partial charge on any atom is -0.484 e. The summed E-state index contributed by atoms with van der Waals surface area (Å²) in [5, 5.41) is 2.92. The highest BCUT2D eigenvalue weighted by atomic mass is 16.7. The van der Waals surface area contributed by atoms with Crippen LogP contribution in [0.2, 0.25) is 0 Å². The van der Waals surface area contributed by atoms with E-state index in [1.807, 2.05) is 24.3 Å². The third-order valence-corrected chi connectivity index (χ3v) is 3.72. The van der Waals surface area contributed by atoms with Gasteiger partial charge in [-0.05, 0) is 29.2 Å². The molecule has 2 aromatic carbocycles. The summed E-state index contributed by atoms with van der Waals surface area (Å²) in [6, 6.07) is 13.0. The lowest BCUT2D eigenvalue weighted by molar-refractivity contribution is -0.118. The largest absolute Gasteiger partial charge is 0.484 e. The molecular weight excluding hydrogens is 306 g/mol. The number of amides is 1. The van der Waals surface area contributed by atoms with Gasteiger partial charge in [-0.25, -0.2) is 0 Å². The van der Waals surface area contributed by atoms with Crippen LogP contribution in [-0.2, 0) is 10.2 Å². The quantitative estimate of drug-likeness (QED) is 0.929. The molecule has 5 nitrogen and oxygen atoms in total. The predicted molar refractivity (Wildman–Crippen MR) is 91.8 cm³/mol. The van der Waals surface area contributed by atoms with Crippen LogP contribution in [0.15, 0.2) is 42.5 Å². The van der Waals surface area contributed by atoms with Gasteiger partial charge in [-0.15, -0.1) is 0 Å². The molecule has 0 spiro atoms. The molecule has 0 radical (unpaired) electrons. The zero-order valence-electron chi connectivity index (χ0n) is 14.1. The highest BCUT2D eigenvalue weighted by Gasteiger charge is 2.19. The predicted octanol–water partition coefficient (Wildman–Crippen LogP) is 3.73. The van der Waals surface area contributed by atoms with Crippen LogP contribution in [0.4, 0.5) is 5.69 Å². The van der Waals surface area contributed by atoms with E-state index in [-0.39, 0.29) is 24.7 Å². The summed E-state index contributed by atoms with van der Waals surface area (Å²) in [4.78, 5) is 12.2. The van der Waals surface area contributed by atoms with E-state index in [1.54, 1.807) is 18.2 Å². The molecule has 24 heavy (non-hydrogen) atoms. The monoisotopic (exact) mass is 327 g/mol. The third kappa shape index (κ3) is 3.62. The molecule has 5 heteroatoms. The fourth-order valence-electron chi connectivity index (χ4n) is 2.55. The number of carbonyl (C=O) groups is 1. The number of rotatable bonds is 4. The van der Waals surface area contributed by atoms with Crippen molar-refractivity contribution < 1.29 is 19.0 Å². The second-order valence-corrected chi connectivity index (χ2v) is 6.65. The van der Waals surface area contributed by atoms with Crippen LogP contribution in [0.1, 0.15) is 26.3 Å². The minimum absolute atomic E-state index is 0.0535. The fraction of sp³-hybridized carbons (Fsp3) is 0.316. The van der Waals surface area contributed by atoms with Crippen LogP contribution in [-0.4, -0.2) is 19.3 Å². The number of carbonyl (C=O) groups excluding carboxylic acids is 1. The van der Waals surface area contributed by atoms with Crippen molar-refractivity contribution in [1.29, 1.82) is 0 Å². The molecule has 0 saturated carbocycles. The van der Waals surface area contributed by atoms with Crippen molar-refractivity contribution in [2.24, 2.45) is 0 Å². The van der Waals surface area contributed by atoms with E-state index in [2.05, 4.69) is 26.1 Å². The second-order valence-electron chi connectivity index (χ2n) is 6.65. The van der Waals surface area contributed by atoms with E-state index in [0.717, 1.165) is 11.3 Å². The van der Waals surface area contributed by atoms with E-state index in [1.165, 1.54) is 0 Å². The average Bonchev–Trinajstić information content (AvgIpc) is 3.00. The van der Waals surface area contributed by atoms with Crippen molar-refractivity contribution in [3.05, 3.63) is 48.0 Å². The summed E-state index contributed by atoms with van der Waals surface area (Å²) in [7, 11) is 0. The average molecular weight is 327 g/mol. The maximum Gasteiger partial charge on any atom is 0.262 e. The molecule has 126 valence electrons. The summed E-state index contributed by atoms with van der Waals surface area (Å²) < 4.78 is 16.1. The van der Waals surface area contributed by atoms with Crippen LogP contribution < -0.4 is 19.5 Å². The van der Waals surface area contributed by atoms with Crippen molar-refractivity contribution in [3.8, 4) is 17.2 Å². The highest BCUT2D eigenvalue weighted by molar-refractivity contribution is 5.92. The first-order valence-electron chi connectivity index (χ1n) is 7.85. The zero-order chi connectivity index (χ0) is 17.2. The molecule has 0 aromatic heterocycles.